The van der Waals surface area contributed by atoms with Gasteiger partial charge >= 0.3 is 0 Å². The maximum absolute atomic E-state index is 5.57. The molecule has 26 heavy (non-hydrogen) atoms. The van der Waals surface area contributed by atoms with Gasteiger partial charge in [-0.15, -0.1) is 0 Å². The van der Waals surface area contributed by atoms with E-state index in [1.807, 2.05) is 0 Å². The second kappa shape index (κ2) is 8.61. The van der Waals surface area contributed by atoms with Crippen molar-refractivity contribution in [3.05, 3.63) is 68.6 Å². The molecular formula is C19H20Br2N4S. The summed E-state index contributed by atoms with van der Waals surface area (Å²) in [5.74, 6) is 0.213. The maximum Gasteiger partial charge on any atom is 0.184 e. The minimum atomic E-state index is 0.150. The first-order chi connectivity index (χ1) is 12.4. The molecule has 136 valence electrons. The monoisotopic (exact) mass is 494 g/mol. The minimum absolute atomic E-state index is 0.150. The van der Waals surface area contributed by atoms with Crippen LogP contribution >= 0.6 is 44.1 Å². The topological polar surface area (TPSA) is 62.4 Å². The summed E-state index contributed by atoms with van der Waals surface area (Å²) in [5.41, 5.74) is 11.8. The zero-order chi connectivity index (χ0) is 18.7. The van der Waals surface area contributed by atoms with Crippen molar-refractivity contribution in [1.82, 2.24) is 10.7 Å². The van der Waals surface area contributed by atoms with Gasteiger partial charge < -0.3 is 11.1 Å². The van der Waals surface area contributed by atoms with Crippen molar-refractivity contribution in [3.8, 4) is 0 Å². The highest BCUT2D eigenvalue weighted by molar-refractivity contribution is 9.10. The molecule has 3 atom stereocenters. The molecule has 1 fully saturated rings. The molecule has 1 heterocycles. The van der Waals surface area contributed by atoms with Crippen molar-refractivity contribution in [3.63, 3.8) is 0 Å². The molecule has 0 radical (unpaired) electrons. The van der Waals surface area contributed by atoms with Gasteiger partial charge in [-0.05, 0) is 47.6 Å². The number of nitrogens with two attached hydrogens (primary N) is 1. The summed E-state index contributed by atoms with van der Waals surface area (Å²) in [6.07, 6.45) is 0.797. The fourth-order valence-electron chi connectivity index (χ4n) is 3.25. The van der Waals surface area contributed by atoms with Crippen molar-refractivity contribution in [2.45, 2.75) is 25.4 Å². The Morgan fingerprint density at radius 1 is 1.08 bits per heavy atom. The van der Waals surface area contributed by atoms with Gasteiger partial charge in [-0.1, -0.05) is 63.0 Å². The lowest BCUT2D eigenvalue weighted by Crippen LogP contribution is -2.42. The van der Waals surface area contributed by atoms with Crippen LogP contribution < -0.4 is 16.5 Å². The fourth-order valence-corrected chi connectivity index (χ4v) is 3.82. The normalized spacial score (nSPS) is 24.4. The Hall–Kier alpha value is -1.28. The summed E-state index contributed by atoms with van der Waals surface area (Å²) in [5, 5.41) is 8.47. The van der Waals surface area contributed by atoms with E-state index in [9.17, 15) is 0 Å². The second-order valence-electron chi connectivity index (χ2n) is 6.37. The Labute approximate surface area is 175 Å². The molecule has 4 nitrogen and oxygen atoms in total. The van der Waals surface area contributed by atoms with Crippen LogP contribution in [-0.4, -0.2) is 10.8 Å². The Bertz CT molecular complexity index is 805. The third kappa shape index (κ3) is 4.71. The minimum Gasteiger partial charge on any atom is -0.375 e. The van der Waals surface area contributed by atoms with E-state index in [1.54, 1.807) is 0 Å². The summed E-state index contributed by atoms with van der Waals surface area (Å²) in [6, 6.07) is 17.1. The lowest BCUT2D eigenvalue weighted by molar-refractivity contribution is 0.363. The number of rotatable bonds is 3. The van der Waals surface area contributed by atoms with Crippen LogP contribution in [0, 0.1) is 5.92 Å². The van der Waals surface area contributed by atoms with E-state index >= 15 is 0 Å². The summed E-state index contributed by atoms with van der Waals surface area (Å²) in [4.78, 5) is 0. The van der Waals surface area contributed by atoms with Crippen LogP contribution in [-0.2, 0) is 0 Å². The predicted molar refractivity (Wildman–Crippen MR) is 118 cm³/mol. The number of nitrogens with one attached hydrogen (secondary N) is 2. The zero-order valence-corrected chi connectivity index (χ0v) is 18.2. The number of thiocarbonyl (C=S) groups is 1. The Morgan fingerprint density at radius 3 is 2.15 bits per heavy atom. The first kappa shape index (κ1) is 19.5. The number of nitrogens with zero attached hydrogens (tertiary/aromatic N) is 1. The molecule has 2 aromatic rings. The van der Waals surface area contributed by atoms with E-state index in [1.165, 1.54) is 11.1 Å². The van der Waals surface area contributed by atoms with E-state index in [-0.39, 0.29) is 23.1 Å². The molecule has 0 saturated carbocycles. The van der Waals surface area contributed by atoms with Crippen molar-refractivity contribution in [2.24, 2.45) is 16.8 Å². The lowest BCUT2D eigenvalue weighted by Gasteiger charge is -2.37. The van der Waals surface area contributed by atoms with Gasteiger partial charge in [0.25, 0.3) is 0 Å². The largest absolute Gasteiger partial charge is 0.375 e. The van der Waals surface area contributed by atoms with Gasteiger partial charge in [0.05, 0.1) is 0 Å². The molecule has 0 spiro atoms. The molecular weight excluding hydrogens is 476 g/mol. The lowest BCUT2D eigenvalue weighted by atomic mass is 9.81. The highest BCUT2D eigenvalue weighted by Crippen LogP contribution is 2.36. The molecule has 1 aliphatic rings. The molecule has 7 heteroatoms. The standard InChI is InChI=1S/C19H20Br2N4S/c1-11-16(24-25-19(22)26)10-17(12-2-6-14(20)7-3-12)23-18(11)13-4-8-15(21)9-5-13/h2-9,11,17-18,23H,10H2,1H3,(H3,22,25,26)/b24-16+. The maximum atomic E-state index is 5.57. The van der Waals surface area contributed by atoms with E-state index in [4.69, 9.17) is 18.0 Å². The van der Waals surface area contributed by atoms with Crippen LogP contribution in [0.5, 0.6) is 0 Å². The van der Waals surface area contributed by atoms with Crippen molar-refractivity contribution in [1.29, 1.82) is 0 Å². The summed E-state index contributed by atoms with van der Waals surface area (Å²) in [6.45, 7) is 2.18. The molecule has 0 bridgehead atoms. The van der Waals surface area contributed by atoms with E-state index in [2.05, 4.69) is 103 Å². The molecule has 1 aliphatic heterocycles. The van der Waals surface area contributed by atoms with Gasteiger partial charge in [-0.3, -0.25) is 5.43 Å². The Kier molecular flexibility index (Phi) is 6.45. The highest BCUT2D eigenvalue weighted by Gasteiger charge is 2.33. The number of hydrazone groups is 1. The summed E-state index contributed by atoms with van der Waals surface area (Å²) >= 11 is 11.9. The molecule has 0 amide bonds. The van der Waals surface area contributed by atoms with Gasteiger partial charge in [-0.2, -0.15) is 5.10 Å². The highest BCUT2D eigenvalue weighted by atomic mass is 79.9. The van der Waals surface area contributed by atoms with E-state index in [0.717, 1.165) is 21.1 Å². The molecule has 3 unspecified atom stereocenters. The van der Waals surface area contributed by atoms with Crippen LogP contribution in [0.4, 0.5) is 0 Å². The average molecular weight is 496 g/mol. The van der Waals surface area contributed by atoms with Crippen LogP contribution in [0.3, 0.4) is 0 Å². The van der Waals surface area contributed by atoms with Crippen molar-refractivity contribution >= 4 is 54.9 Å². The summed E-state index contributed by atoms with van der Waals surface area (Å²) in [7, 11) is 0. The Morgan fingerprint density at radius 2 is 1.62 bits per heavy atom. The number of hydrogen-bond acceptors (Lipinski definition) is 3. The van der Waals surface area contributed by atoms with Crippen LogP contribution in [0.2, 0.25) is 0 Å². The van der Waals surface area contributed by atoms with Crippen LogP contribution in [0.1, 0.15) is 36.6 Å². The van der Waals surface area contributed by atoms with Crippen molar-refractivity contribution in [2.75, 3.05) is 0 Å². The van der Waals surface area contributed by atoms with Crippen LogP contribution in [0.25, 0.3) is 0 Å². The van der Waals surface area contributed by atoms with Gasteiger partial charge in [0.2, 0.25) is 0 Å². The molecule has 1 saturated heterocycles. The van der Waals surface area contributed by atoms with Gasteiger partial charge in [0.1, 0.15) is 0 Å². The smallest absolute Gasteiger partial charge is 0.184 e. The molecule has 0 aliphatic carbocycles. The van der Waals surface area contributed by atoms with Gasteiger partial charge in [-0.25, -0.2) is 0 Å². The number of benzene rings is 2. The molecule has 0 aromatic heterocycles. The molecule has 3 rings (SSSR count). The van der Waals surface area contributed by atoms with E-state index in [0.29, 0.717) is 0 Å². The predicted octanol–water partition coefficient (Wildman–Crippen LogP) is 4.81. The fraction of sp³-hybridized carbons (Fsp3) is 0.263. The van der Waals surface area contributed by atoms with Gasteiger partial charge in [0.15, 0.2) is 5.11 Å². The first-order valence-electron chi connectivity index (χ1n) is 8.33. The summed E-state index contributed by atoms with van der Waals surface area (Å²) < 4.78 is 2.14. The van der Waals surface area contributed by atoms with Gasteiger partial charge in [0, 0.05) is 39.1 Å². The molecule has 4 N–H and O–H groups in total. The average Bonchev–Trinajstić information content (AvgIpc) is 2.62. The third-order valence-corrected chi connectivity index (χ3v) is 5.78. The SMILES string of the molecule is CC1/C(=N/NC(N)=S)CC(c2ccc(Br)cc2)NC1c1ccc(Br)cc1. The van der Waals surface area contributed by atoms with Crippen molar-refractivity contribution < 1.29 is 0 Å². The van der Waals surface area contributed by atoms with Crippen LogP contribution in [0.15, 0.2) is 62.6 Å². The second-order valence-corrected chi connectivity index (χ2v) is 8.64. The van der Waals surface area contributed by atoms with E-state index < -0.39 is 0 Å². The Balaban J connectivity index is 1.94. The first-order valence-corrected chi connectivity index (χ1v) is 10.3. The molecule has 2 aromatic carbocycles. The number of piperidine rings is 1. The zero-order valence-electron chi connectivity index (χ0n) is 14.2. The quantitative estimate of drug-likeness (QED) is 0.422. The number of hydrogen-bond donors (Lipinski definition) is 3. The number of halogens is 2. The third-order valence-electron chi connectivity index (χ3n) is 4.63.